The van der Waals surface area contributed by atoms with Gasteiger partial charge < -0.3 is 18.6 Å². The summed E-state index contributed by atoms with van der Waals surface area (Å²) in [5.41, 5.74) is 0.909. The van der Waals surface area contributed by atoms with Crippen molar-refractivity contribution in [2.45, 2.75) is 0 Å². The van der Waals surface area contributed by atoms with Crippen molar-refractivity contribution in [3.05, 3.63) is 70.0 Å². The first-order valence-electron chi connectivity index (χ1n) is 9.72. The molecule has 0 aliphatic carbocycles. The van der Waals surface area contributed by atoms with Gasteiger partial charge in [0.1, 0.15) is 10.7 Å². The third kappa shape index (κ3) is 4.52. The zero-order valence-electron chi connectivity index (χ0n) is 18.3. The van der Waals surface area contributed by atoms with Crippen LogP contribution < -0.4 is 19.2 Å². The summed E-state index contributed by atoms with van der Waals surface area (Å²) in [5.74, 6) is 0.624. The van der Waals surface area contributed by atoms with Gasteiger partial charge in [-0.1, -0.05) is 11.3 Å². The fourth-order valence-electron chi connectivity index (χ4n) is 3.01. The second-order valence-corrected chi connectivity index (χ2v) is 7.70. The number of nitrogens with zero attached hydrogens (tertiary/aromatic N) is 4. The lowest BCUT2D eigenvalue weighted by molar-refractivity contribution is -0.402. The number of anilines is 1. The summed E-state index contributed by atoms with van der Waals surface area (Å²) in [7, 11) is 4.52. The van der Waals surface area contributed by atoms with E-state index in [1.807, 2.05) is 0 Å². The van der Waals surface area contributed by atoms with E-state index in [1.165, 1.54) is 50.0 Å². The lowest BCUT2D eigenvalue weighted by Crippen LogP contribution is -2.25. The molecule has 4 aromatic rings. The fourth-order valence-corrected chi connectivity index (χ4v) is 3.97. The first-order chi connectivity index (χ1) is 16.4. The summed E-state index contributed by atoms with van der Waals surface area (Å²) in [6.45, 7) is 0. The Labute approximate surface area is 196 Å². The van der Waals surface area contributed by atoms with Crippen LogP contribution in [0.5, 0.6) is 17.2 Å². The molecule has 2 aromatic carbocycles. The molecule has 0 atom stereocenters. The van der Waals surface area contributed by atoms with E-state index in [4.69, 9.17) is 18.6 Å². The van der Waals surface area contributed by atoms with Gasteiger partial charge in [-0.05, 0) is 42.5 Å². The summed E-state index contributed by atoms with van der Waals surface area (Å²) < 4.78 is 21.7. The molecule has 0 aliphatic heterocycles. The van der Waals surface area contributed by atoms with Gasteiger partial charge >= 0.3 is 5.88 Å². The van der Waals surface area contributed by atoms with Gasteiger partial charge in [0.2, 0.25) is 5.13 Å². The van der Waals surface area contributed by atoms with Gasteiger partial charge in [-0.15, -0.1) is 0 Å². The highest BCUT2D eigenvalue weighted by molar-refractivity contribution is 7.22. The molecule has 0 saturated carbocycles. The Hall–Kier alpha value is -4.45. The molecular weight excluding hydrogens is 464 g/mol. The number of hydrogen-bond acceptors (Lipinski definition) is 10. The number of hydrazone groups is 1. The average Bonchev–Trinajstić information content (AvgIpc) is 3.50. The van der Waals surface area contributed by atoms with Gasteiger partial charge in [0.25, 0.3) is 5.91 Å². The van der Waals surface area contributed by atoms with E-state index in [2.05, 4.69) is 10.1 Å². The topological polar surface area (TPSA) is 130 Å². The molecule has 0 saturated heterocycles. The molecule has 11 nitrogen and oxygen atoms in total. The summed E-state index contributed by atoms with van der Waals surface area (Å²) in [4.78, 5) is 28.2. The summed E-state index contributed by atoms with van der Waals surface area (Å²) in [6.07, 6.45) is 1.21. The number of fused-ring (bicyclic) bond motifs is 1. The smallest absolute Gasteiger partial charge is 0.433 e. The molecule has 2 heterocycles. The van der Waals surface area contributed by atoms with Crippen molar-refractivity contribution in [1.29, 1.82) is 0 Å². The predicted molar refractivity (Wildman–Crippen MR) is 125 cm³/mol. The SMILES string of the molecule is COc1ccc2nc(N(/N=C/c3ccc([N+](=O)[O-])o3)C(=O)c3ccc(OC)c(OC)c3)sc2c1. The number of methoxy groups -OCH3 is 3. The molecule has 0 radical (unpaired) electrons. The van der Waals surface area contributed by atoms with Crippen LogP contribution >= 0.6 is 11.3 Å². The van der Waals surface area contributed by atoms with Crippen LogP contribution in [0.4, 0.5) is 11.0 Å². The quantitative estimate of drug-likeness (QED) is 0.204. The molecule has 0 aliphatic rings. The number of amides is 1. The van der Waals surface area contributed by atoms with Gasteiger partial charge in [-0.3, -0.25) is 14.9 Å². The lowest BCUT2D eigenvalue weighted by atomic mass is 10.2. The van der Waals surface area contributed by atoms with Crippen LogP contribution in [0, 0.1) is 10.1 Å². The number of nitro groups is 1. The number of carbonyl (C=O) groups excluding carboxylic acids is 1. The van der Waals surface area contributed by atoms with Crippen molar-refractivity contribution in [2.75, 3.05) is 26.3 Å². The highest BCUT2D eigenvalue weighted by atomic mass is 32.1. The maximum atomic E-state index is 13.5. The molecule has 2 aromatic heterocycles. The van der Waals surface area contributed by atoms with Crippen molar-refractivity contribution in [2.24, 2.45) is 5.10 Å². The highest BCUT2D eigenvalue weighted by Crippen LogP contribution is 2.34. The van der Waals surface area contributed by atoms with Crippen LogP contribution in [-0.4, -0.2) is 43.4 Å². The monoisotopic (exact) mass is 482 g/mol. The molecule has 0 bridgehead atoms. The number of ether oxygens (including phenoxy) is 3. The van der Waals surface area contributed by atoms with Gasteiger partial charge in [-0.25, -0.2) is 4.98 Å². The maximum Gasteiger partial charge on any atom is 0.433 e. The zero-order chi connectivity index (χ0) is 24.2. The minimum absolute atomic E-state index is 0.0968. The van der Waals surface area contributed by atoms with E-state index < -0.39 is 16.7 Å². The Balaban J connectivity index is 1.76. The molecule has 0 unspecified atom stereocenters. The van der Waals surface area contributed by atoms with E-state index >= 15 is 0 Å². The van der Waals surface area contributed by atoms with Crippen LogP contribution in [0.15, 0.2) is 58.0 Å². The molecule has 0 fully saturated rings. The first kappa shape index (κ1) is 22.7. The lowest BCUT2D eigenvalue weighted by Gasteiger charge is -2.15. The van der Waals surface area contributed by atoms with E-state index in [9.17, 15) is 14.9 Å². The molecule has 4 rings (SSSR count). The molecule has 12 heteroatoms. The third-order valence-corrected chi connectivity index (χ3v) is 5.68. The van der Waals surface area contributed by atoms with Crippen molar-refractivity contribution >= 4 is 44.7 Å². The summed E-state index contributed by atoms with van der Waals surface area (Å²) >= 11 is 1.23. The van der Waals surface area contributed by atoms with Gasteiger partial charge in [0.15, 0.2) is 17.3 Å². The van der Waals surface area contributed by atoms with E-state index in [0.717, 1.165) is 9.71 Å². The molecule has 0 N–H and O–H groups in total. The number of carbonyl (C=O) groups is 1. The van der Waals surface area contributed by atoms with Crippen LogP contribution in [-0.2, 0) is 0 Å². The Morgan fingerprint density at radius 1 is 1.09 bits per heavy atom. The second kappa shape index (κ2) is 9.58. The number of furan rings is 1. The summed E-state index contributed by atoms with van der Waals surface area (Å²) in [6, 6.07) is 12.6. The largest absolute Gasteiger partial charge is 0.497 e. The number of aromatic nitrogens is 1. The Morgan fingerprint density at radius 3 is 2.56 bits per heavy atom. The van der Waals surface area contributed by atoms with E-state index in [1.54, 1.807) is 37.4 Å². The van der Waals surface area contributed by atoms with Crippen LogP contribution in [0.2, 0.25) is 0 Å². The predicted octanol–water partition coefficient (Wildman–Crippen LogP) is 4.50. The number of benzene rings is 2. The minimum atomic E-state index is -0.662. The van der Waals surface area contributed by atoms with E-state index in [0.29, 0.717) is 22.8 Å². The molecule has 1 amide bonds. The first-order valence-corrected chi connectivity index (χ1v) is 10.5. The zero-order valence-corrected chi connectivity index (χ0v) is 19.1. The van der Waals surface area contributed by atoms with Crippen molar-refractivity contribution in [1.82, 2.24) is 4.98 Å². The van der Waals surface area contributed by atoms with Crippen molar-refractivity contribution in [3.63, 3.8) is 0 Å². The van der Waals surface area contributed by atoms with Gasteiger partial charge in [0, 0.05) is 5.56 Å². The fraction of sp³-hybridized carbons (Fsp3) is 0.136. The Kier molecular flexibility index (Phi) is 6.41. The van der Waals surface area contributed by atoms with Crippen LogP contribution in [0.25, 0.3) is 10.2 Å². The van der Waals surface area contributed by atoms with Crippen molar-refractivity contribution < 1.29 is 28.3 Å². The summed E-state index contributed by atoms with van der Waals surface area (Å²) in [5, 5.41) is 16.5. The minimum Gasteiger partial charge on any atom is -0.497 e. The number of hydrogen-bond donors (Lipinski definition) is 0. The molecular formula is C22H18N4O7S. The highest BCUT2D eigenvalue weighted by Gasteiger charge is 2.23. The molecule has 0 spiro atoms. The van der Waals surface area contributed by atoms with Crippen LogP contribution in [0.3, 0.4) is 0 Å². The Bertz CT molecular complexity index is 1400. The average molecular weight is 482 g/mol. The second-order valence-electron chi connectivity index (χ2n) is 6.69. The Morgan fingerprint density at radius 2 is 1.88 bits per heavy atom. The van der Waals surface area contributed by atoms with Crippen LogP contribution in [0.1, 0.15) is 16.1 Å². The number of thiazole rings is 1. The van der Waals surface area contributed by atoms with Gasteiger partial charge in [-0.2, -0.15) is 10.1 Å². The van der Waals surface area contributed by atoms with Gasteiger partial charge in [0.05, 0.1) is 43.8 Å². The number of rotatable bonds is 8. The molecule has 34 heavy (non-hydrogen) atoms. The van der Waals surface area contributed by atoms with E-state index in [-0.39, 0.29) is 16.5 Å². The maximum absolute atomic E-state index is 13.5. The standard InChI is InChI=1S/C22H18N4O7S/c1-30-14-5-7-16-19(11-14)34-22(24-16)25(23-12-15-6-9-20(33-15)26(28)29)21(27)13-4-8-17(31-2)18(10-13)32-3/h4-12H,1-3H3/b23-12+. The third-order valence-electron chi connectivity index (χ3n) is 4.68. The normalized spacial score (nSPS) is 11.0. The molecule has 174 valence electrons. The van der Waals surface area contributed by atoms with Crippen molar-refractivity contribution in [3.8, 4) is 17.2 Å².